The largest absolute Gasteiger partial charge is 0.456 e. The molecular weight excluding hydrogens is 645 g/mol. The molecule has 0 fully saturated rings. The monoisotopic (exact) mass is 678 g/mol. The van der Waals surface area contributed by atoms with E-state index >= 15 is 0 Å². The van der Waals surface area contributed by atoms with E-state index in [1.54, 1.807) is 0 Å². The quantitative estimate of drug-likeness (QED) is 0.182. The van der Waals surface area contributed by atoms with E-state index in [9.17, 15) is 0 Å². The summed E-state index contributed by atoms with van der Waals surface area (Å²) in [6.45, 7) is 0. The molecule has 1 aliphatic rings. The predicted octanol–water partition coefficient (Wildman–Crippen LogP) is 11.7. The van der Waals surface area contributed by atoms with Gasteiger partial charge in [0.15, 0.2) is 0 Å². The lowest BCUT2D eigenvalue weighted by Crippen LogP contribution is -2.28. The van der Waals surface area contributed by atoms with Gasteiger partial charge in [-0.2, -0.15) is 0 Å². The molecule has 250 valence electrons. The third-order valence-corrected chi connectivity index (χ3v) is 11.0. The lowest BCUT2D eigenvalue weighted by molar-refractivity contribution is 0.669. The number of allylic oxidation sites excluding steroid dienone is 2. The molecule has 0 N–H and O–H groups in total. The summed E-state index contributed by atoms with van der Waals surface area (Å²) in [7, 11) is 0. The zero-order valence-electron chi connectivity index (χ0n) is 29.0. The molecular formula is C50H34N2O. The summed E-state index contributed by atoms with van der Waals surface area (Å²) in [6.07, 6.45) is 8.96. The van der Waals surface area contributed by atoms with Crippen LogP contribution in [0.2, 0.25) is 0 Å². The van der Waals surface area contributed by atoms with E-state index in [0.717, 1.165) is 40.5 Å². The summed E-state index contributed by atoms with van der Waals surface area (Å²) in [5, 5.41) is 8.65. The van der Waals surface area contributed by atoms with Gasteiger partial charge in [0.05, 0.1) is 21.9 Å². The van der Waals surface area contributed by atoms with Crippen molar-refractivity contribution in [1.82, 2.24) is 9.13 Å². The first-order chi connectivity index (χ1) is 26.3. The third-order valence-electron chi connectivity index (χ3n) is 11.0. The lowest BCUT2D eigenvalue weighted by Gasteiger charge is -2.11. The minimum atomic E-state index is 0.854. The van der Waals surface area contributed by atoms with Crippen molar-refractivity contribution in [2.24, 2.45) is 0 Å². The average Bonchev–Trinajstić information content (AvgIpc) is 3.85. The molecule has 11 rings (SSSR count). The van der Waals surface area contributed by atoms with Gasteiger partial charge in [0, 0.05) is 43.5 Å². The predicted molar refractivity (Wildman–Crippen MR) is 222 cm³/mol. The van der Waals surface area contributed by atoms with Gasteiger partial charge in [0.2, 0.25) is 0 Å². The van der Waals surface area contributed by atoms with Crippen molar-refractivity contribution in [3.63, 3.8) is 0 Å². The SMILES string of the molecule is C1=c2\c(n(-c3ccc(-c4ccccc4)cc3)c3ccccc23)=C/C/C=C(/c2ccc3c(c2)c2ccccc2n3-c2ccc3oc4ccccc4c3c2)C/1. The molecule has 0 unspecified atom stereocenters. The van der Waals surface area contributed by atoms with Crippen LogP contribution in [0.25, 0.3) is 94.9 Å². The number of hydrogen-bond donors (Lipinski definition) is 0. The van der Waals surface area contributed by atoms with E-state index < -0.39 is 0 Å². The fourth-order valence-corrected chi connectivity index (χ4v) is 8.56. The fourth-order valence-electron chi connectivity index (χ4n) is 8.56. The van der Waals surface area contributed by atoms with Crippen molar-refractivity contribution in [3.8, 4) is 22.5 Å². The molecule has 53 heavy (non-hydrogen) atoms. The zero-order valence-corrected chi connectivity index (χ0v) is 29.0. The van der Waals surface area contributed by atoms with Crippen LogP contribution in [0.15, 0.2) is 174 Å². The first-order valence-corrected chi connectivity index (χ1v) is 18.4. The Morgan fingerprint density at radius 2 is 1.04 bits per heavy atom. The Bertz CT molecular complexity index is 3210. The van der Waals surface area contributed by atoms with Gasteiger partial charge >= 0.3 is 0 Å². The van der Waals surface area contributed by atoms with Crippen LogP contribution in [-0.2, 0) is 0 Å². The highest BCUT2D eigenvalue weighted by atomic mass is 16.3. The summed E-state index contributed by atoms with van der Waals surface area (Å²) in [5.41, 5.74) is 12.9. The zero-order chi connectivity index (χ0) is 34.9. The van der Waals surface area contributed by atoms with E-state index in [1.165, 1.54) is 71.2 Å². The highest BCUT2D eigenvalue weighted by Gasteiger charge is 2.17. The first kappa shape index (κ1) is 29.8. The molecule has 1 aliphatic carbocycles. The number of furan rings is 1. The second-order valence-corrected chi connectivity index (χ2v) is 14.0. The number of para-hydroxylation sites is 3. The summed E-state index contributed by atoms with van der Waals surface area (Å²) in [5.74, 6) is 0. The number of fused-ring (bicyclic) bond motifs is 9. The second-order valence-electron chi connectivity index (χ2n) is 14.0. The van der Waals surface area contributed by atoms with Gasteiger partial charge in [0.1, 0.15) is 11.2 Å². The van der Waals surface area contributed by atoms with E-state index in [-0.39, 0.29) is 0 Å². The van der Waals surface area contributed by atoms with Gasteiger partial charge in [-0.25, -0.2) is 0 Å². The molecule has 0 amide bonds. The molecule has 10 aromatic rings. The minimum Gasteiger partial charge on any atom is -0.456 e. The van der Waals surface area contributed by atoms with Crippen LogP contribution in [0.4, 0.5) is 0 Å². The molecule has 3 heteroatoms. The van der Waals surface area contributed by atoms with Crippen molar-refractivity contribution in [1.29, 1.82) is 0 Å². The van der Waals surface area contributed by atoms with E-state index in [2.05, 4.69) is 179 Å². The molecule has 3 heterocycles. The van der Waals surface area contributed by atoms with Gasteiger partial charge in [-0.3, -0.25) is 0 Å². The first-order valence-electron chi connectivity index (χ1n) is 18.4. The van der Waals surface area contributed by atoms with Crippen LogP contribution < -0.4 is 10.6 Å². The molecule has 0 atom stereocenters. The van der Waals surface area contributed by atoms with E-state index in [1.807, 2.05) is 12.1 Å². The second kappa shape index (κ2) is 11.9. The summed E-state index contributed by atoms with van der Waals surface area (Å²) < 4.78 is 11.0. The van der Waals surface area contributed by atoms with Crippen LogP contribution in [0.1, 0.15) is 18.4 Å². The van der Waals surface area contributed by atoms with Crippen LogP contribution in [0, 0.1) is 0 Å². The minimum absolute atomic E-state index is 0.854. The maximum absolute atomic E-state index is 6.17. The molecule has 3 nitrogen and oxygen atoms in total. The summed E-state index contributed by atoms with van der Waals surface area (Å²) in [4.78, 5) is 0. The van der Waals surface area contributed by atoms with Gasteiger partial charge in [-0.1, -0.05) is 121 Å². The number of aromatic nitrogens is 2. The Morgan fingerprint density at radius 3 is 1.89 bits per heavy atom. The maximum Gasteiger partial charge on any atom is 0.135 e. The average molecular weight is 679 g/mol. The van der Waals surface area contributed by atoms with E-state index in [4.69, 9.17) is 4.42 Å². The van der Waals surface area contributed by atoms with Gasteiger partial charge in [-0.05, 0) is 95.8 Å². The molecule has 3 aromatic heterocycles. The number of benzene rings is 7. The van der Waals surface area contributed by atoms with Gasteiger partial charge in [0.25, 0.3) is 0 Å². The Morgan fingerprint density at radius 1 is 0.396 bits per heavy atom. The molecule has 0 bridgehead atoms. The smallest absolute Gasteiger partial charge is 0.135 e. The lowest BCUT2D eigenvalue weighted by atomic mass is 9.97. The molecule has 0 radical (unpaired) electrons. The molecule has 0 aliphatic heterocycles. The molecule has 7 aromatic carbocycles. The van der Waals surface area contributed by atoms with Crippen molar-refractivity contribution >= 4 is 72.4 Å². The van der Waals surface area contributed by atoms with Crippen molar-refractivity contribution < 1.29 is 4.42 Å². The maximum atomic E-state index is 6.17. The van der Waals surface area contributed by atoms with Crippen molar-refractivity contribution in [2.75, 3.05) is 0 Å². The Balaban J connectivity index is 1.01. The van der Waals surface area contributed by atoms with Gasteiger partial charge in [-0.15, -0.1) is 0 Å². The summed E-state index contributed by atoms with van der Waals surface area (Å²) >= 11 is 0. The Kier molecular flexibility index (Phi) is 6.68. The summed E-state index contributed by atoms with van der Waals surface area (Å²) in [6, 6.07) is 59.0. The van der Waals surface area contributed by atoms with E-state index in [0.29, 0.717) is 0 Å². The Labute approximate surface area is 306 Å². The fraction of sp³-hybridized carbons (Fsp3) is 0.0400. The van der Waals surface area contributed by atoms with Crippen molar-refractivity contribution in [2.45, 2.75) is 12.8 Å². The van der Waals surface area contributed by atoms with Gasteiger partial charge < -0.3 is 13.6 Å². The standard InChI is InChI=1S/C50H34N2O/c1-2-11-33(12-3-1)35-21-25-37(26-22-35)51-45-17-7-4-14-39(45)41-28-23-34(13-10-19-47(41)51)36-24-29-48-43(31-36)40-15-5-8-18-46(40)52(48)38-27-30-50-44(32-38)42-16-6-9-20-49(42)53-50/h1-9,11-22,24-32H,10,23H2/b34-13+,41-28-,47-19+. The van der Waals surface area contributed by atoms with Crippen LogP contribution in [-0.4, -0.2) is 9.13 Å². The third kappa shape index (κ3) is 4.74. The van der Waals surface area contributed by atoms with Crippen LogP contribution >= 0.6 is 0 Å². The topological polar surface area (TPSA) is 23.0 Å². The van der Waals surface area contributed by atoms with Crippen LogP contribution in [0.3, 0.4) is 0 Å². The Hall–Kier alpha value is -6.84. The van der Waals surface area contributed by atoms with Crippen molar-refractivity contribution in [3.05, 3.63) is 186 Å². The molecule has 0 saturated heterocycles. The molecule has 0 saturated carbocycles. The highest BCUT2D eigenvalue weighted by molar-refractivity contribution is 6.11. The normalized spacial score (nSPS) is 15.4. The number of hydrogen-bond acceptors (Lipinski definition) is 1. The highest BCUT2D eigenvalue weighted by Crippen LogP contribution is 2.37. The number of rotatable bonds is 4. The van der Waals surface area contributed by atoms with Crippen LogP contribution in [0.5, 0.6) is 0 Å². The molecule has 0 spiro atoms. The number of nitrogens with zero attached hydrogens (tertiary/aromatic N) is 2.